The number of rotatable bonds is 5. The molecule has 0 spiro atoms. The molecule has 8 heteroatoms. The summed E-state index contributed by atoms with van der Waals surface area (Å²) in [6.07, 6.45) is 0. The molecule has 0 bridgehead atoms. The van der Waals surface area contributed by atoms with Crippen LogP contribution in [0.3, 0.4) is 0 Å². The monoisotopic (exact) mass is 393 g/mol. The second kappa shape index (κ2) is 6.97. The number of alkyl halides is 1. The molecule has 0 saturated carbocycles. The number of hydrogen-bond acceptors (Lipinski definition) is 5. The molecule has 0 fully saturated rings. The highest BCUT2D eigenvalue weighted by molar-refractivity contribution is 9.08. The molecule has 1 rings (SSSR count). The van der Waals surface area contributed by atoms with Gasteiger partial charge in [0.1, 0.15) is 11.4 Å². The van der Waals surface area contributed by atoms with Gasteiger partial charge in [-0.25, -0.2) is 4.79 Å². The van der Waals surface area contributed by atoms with E-state index < -0.39 is 21.9 Å². The van der Waals surface area contributed by atoms with E-state index in [-0.39, 0.29) is 11.3 Å². The molecule has 0 radical (unpaired) electrons. The van der Waals surface area contributed by atoms with Crippen LogP contribution < -0.4 is 4.18 Å². The van der Waals surface area contributed by atoms with Crippen molar-refractivity contribution in [3.8, 4) is 5.75 Å². The summed E-state index contributed by atoms with van der Waals surface area (Å²) in [6, 6.07) is 4.52. The van der Waals surface area contributed by atoms with E-state index in [0.29, 0.717) is 10.9 Å². The molecule has 0 aliphatic rings. The number of benzene rings is 1. The zero-order valence-electron chi connectivity index (χ0n) is 13.2. The topological polar surface area (TPSA) is 72.9 Å². The average molecular weight is 394 g/mol. The summed E-state index contributed by atoms with van der Waals surface area (Å²) in [5.41, 5.74) is 0.293. The Balaban J connectivity index is 3.17. The van der Waals surface area contributed by atoms with Crippen molar-refractivity contribution >= 4 is 32.2 Å². The van der Waals surface area contributed by atoms with Crippen LogP contribution >= 0.6 is 15.9 Å². The lowest BCUT2D eigenvalue weighted by atomic mass is 10.1. The maximum Gasteiger partial charge on any atom is 0.384 e. The molecule has 22 heavy (non-hydrogen) atoms. The fourth-order valence-electron chi connectivity index (χ4n) is 1.44. The Hall–Kier alpha value is -1.12. The first kappa shape index (κ1) is 18.9. The molecule has 0 unspecified atom stereocenters. The molecule has 0 aliphatic heterocycles. The third-order valence-electron chi connectivity index (χ3n) is 2.40. The minimum atomic E-state index is -3.89. The highest BCUT2D eigenvalue weighted by Gasteiger charge is 2.21. The van der Waals surface area contributed by atoms with Crippen LogP contribution in [-0.2, 0) is 20.4 Å². The molecule has 0 aromatic heterocycles. The summed E-state index contributed by atoms with van der Waals surface area (Å²) in [7, 11) is -1.17. The minimum Gasteiger partial charge on any atom is -0.456 e. The summed E-state index contributed by atoms with van der Waals surface area (Å²) >= 11 is 3.28. The van der Waals surface area contributed by atoms with Crippen molar-refractivity contribution in [3.05, 3.63) is 29.3 Å². The molecule has 1 aromatic carbocycles. The lowest BCUT2D eigenvalue weighted by molar-refractivity contribution is 0.00690. The van der Waals surface area contributed by atoms with Gasteiger partial charge in [0.2, 0.25) is 0 Å². The smallest absolute Gasteiger partial charge is 0.384 e. The lowest BCUT2D eigenvalue weighted by Gasteiger charge is -2.20. The van der Waals surface area contributed by atoms with E-state index in [1.165, 1.54) is 20.2 Å². The van der Waals surface area contributed by atoms with Crippen LogP contribution in [0.1, 0.15) is 36.7 Å². The molecule has 0 heterocycles. The van der Waals surface area contributed by atoms with E-state index in [0.717, 1.165) is 4.31 Å². The lowest BCUT2D eigenvalue weighted by Crippen LogP contribution is -2.27. The van der Waals surface area contributed by atoms with Gasteiger partial charge >= 0.3 is 16.3 Å². The van der Waals surface area contributed by atoms with E-state index in [4.69, 9.17) is 8.92 Å². The normalized spacial score (nSPS) is 12.3. The van der Waals surface area contributed by atoms with Gasteiger partial charge in [0, 0.05) is 19.4 Å². The number of nitrogens with zero attached hydrogens (tertiary/aromatic N) is 1. The zero-order valence-corrected chi connectivity index (χ0v) is 15.6. The van der Waals surface area contributed by atoms with Crippen LogP contribution in [0.5, 0.6) is 5.75 Å². The van der Waals surface area contributed by atoms with E-state index in [9.17, 15) is 13.2 Å². The van der Waals surface area contributed by atoms with Gasteiger partial charge in [-0.2, -0.15) is 12.7 Å². The second-order valence-corrected chi connectivity index (χ2v) is 8.14. The number of halogens is 1. The molecular formula is C14H20BrNO5S. The number of carbonyl (C=O) groups excluding carboxylic acids is 1. The van der Waals surface area contributed by atoms with Crippen molar-refractivity contribution in [1.82, 2.24) is 4.31 Å². The van der Waals surface area contributed by atoms with Gasteiger partial charge in [-0.05, 0) is 44.5 Å². The van der Waals surface area contributed by atoms with Gasteiger partial charge in [-0.1, -0.05) is 15.9 Å². The summed E-state index contributed by atoms with van der Waals surface area (Å²) in [5, 5.41) is 0.446. The molecule has 0 saturated heterocycles. The third kappa shape index (κ3) is 5.58. The van der Waals surface area contributed by atoms with Gasteiger partial charge in [-0.3, -0.25) is 0 Å². The number of carbonyl (C=O) groups is 1. The van der Waals surface area contributed by atoms with Gasteiger partial charge in [-0.15, -0.1) is 0 Å². The van der Waals surface area contributed by atoms with E-state index in [2.05, 4.69) is 15.9 Å². The Morgan fingerprint density at radius 1 is 1.23 bits per heavy atom. The Labute approximate surface area is 139 Å². The first-order valence-corrected chi connectivity index (χ1v) is 8.98. The maximum absolute atomic E-state index is 12.1. The SMILES string of the molecule is CN(C)S(=O)(=O)Oc1cc(CBr)cc(C(=O)OC(C)(C)C)c1. The summed E-state index contributed by atoms with van der Waals surface area (Å²) < 4.78 is 34.8. The number of ether oxygens (including phenoxy) is 1. The largest absolute Gasteiger partial charge is 0.456 e. The van der Waals surface area contributed by atoms with Crippen LogP contribution in [-0.4, -0.2) is 38.4 Å². The first-order valence-electron chi connectivity index (χ1n) is 6.50. The molecule has 6 nitrogen and oxygen atoms in total. The first-order chi connectivity index (χ1) is 9.94. The van der Waals surface area contributed by atoms with E-state index >= 15 is 0 Å². The summed E-state index contributed by atoms with van der Waals surface area (Å²) in [6.45, 7) is 5.27. The van der Waals surface area contributed by atoms with Crippen molar-refractivity contribution in [2.75, 3.05) is 14.1 Å². The summed E-state index contributed by atoms with van der Waals surface area (Å²) in [5.74, 6) is -0.478. The standard InChI is InChI=1S/C14H20BrNO5S/c1-14(2,3)20-13(17)11-6-10(9-15)7-12(8-11)21-22(18,19)16(4)5/h6-8H,9H2,1-5H3. The van der Waals surface area contributed by atoms with Crippen LogP contribution in [0.4, 0.5) is 0 Å². The molecule has 124 valence electrons. The number of hydrogen-bond donors (Lipinski definition) is 0. The van der Waals surface area contributed by atoms with Gasteiger partial charge in [0.05, 0.1) is 5.56 Å². The van der Waals surface area contributed by atoms with Crippen molar-refractivity contribution < 1.29 is 22.1 Å². The van der Waals surface area contributed by atoms with Crippen molar-refractivity contribution in [3.63, 3.8) is 0 Å². The van der Waals surface area contributed by atoms with Crippen molar-refractivity contribution in [2.45, 2.75) is 31.7 Å². The zero-order chi connectivity index (χ0) is 17.1. The van der Waals surface area contributed by atoms with E-state index in [1.807, 2.05) is 0 Å². The van der Waals surface area contributed by atoms with Crippen LogP contribution in [0.25, 0.3) is 0 Å². The third-order valence-corrected chi connectivity index (χ3v) is 4.35. The number of esters is 1. The fraction of sp³-hybridized carbons (Fsp3) is 0.500. The predicted octanol–water partition coefficient (Wildman–Crippen LogP) is 2.72. The van der Waals surface area contributed by atoms with Crippen molar-refractivity contribution in [2.24, 2.45) is 0 Å². The summed E-state index contributed by atoms with van der Waals surface area (Å²) in [4.78, 5) is 12.1. The molecular weight excluding hydrogens is 374 g/mol. The molecule has 1 aromatic rings. The predicted molar refractivity (Wildman–Crippen MR) is 87.5 cm³/mol. The highest BCUT2D eigenvalue weighted by Crippen LogP contribution is 2.23. The quantitative estimate of drug-likeness (QED) is 0.567. The van der Waals surface area contributed by atoms with Gasteiger partial charge in [0.25, 0.3) is 0 Å². The second-order valence-electron chi connectivity index (χ2n) is 5.82. The Morgan fingerprint density at radius 3 is 2.27 bits per heavy atom. The van der Waals surface area contributed by atoms with Gasteiger partial charge < -0.3 is 8.92 Å². The molecule has 0 amide bonds. The average Bonchev–Trinajstić information content (AvgIpc) is 2.35. The molecule has 0 N–H and O–H groups in total. The van der Waals surface area contributed by atoms with Gasteiger partial charge in [0.15, 0.2) is 0 Å². The Bertz CT molecular complexity index is 650. The highest BCUT2D eigenvalue weighted by atomic mass is 79.9. The van der Waals surface area contributed by atoms with E-state index in [1.54, 1.807) is 32.9 Å². The van der Waals surface area contributed by atoms with Crippen LogP contribution in [0.2, 0.25) is 0 Å². The Kier molecular flexibility index (Phi) is 6.00. The molecule has 0 atom stereocenters. The van der Waals surface area contributed by atoms with Crippen LogP contribution in [0, 0.1) is 0 Å². The maximum atomic E-state index is 12.1. The molecule has 0 aliphatic carbocycles. The van der Waals surface area contributed by atoms with Crippen molar-refractivity contribution in [1.29, 1.82) is 0 Å². The fourth-order valence-corrected chi connectivity index (χ4v) is 2.25. The van der Waals surface area contributed by atoms with Crippen LogP contribution in [0.15, 0.2) is 18.2 Å². The minimum absolute atomic E-state index is 0.0616. The Morgan fingerprint density at radius 2 is 1.82 bits per heavy atom.